The van der Waals surface area contributed by atoms with Crippen LogP contribution in [-0.4, -0.2) is 52.8 Å². The molecule has 0 fully saturated rings. The summed E-state index contributed by atoms with van der Waals surface area (Å²) in [7, 11) is 0. The smallest absolute Gasteiger partial charge is 0.408 e. The van der Waals surface area contributed by atoms with Gasteiger partial charge in [-0.15, -0.1) is 0 Å². The van der Waals surface area contributed by atoms with Crippen molar-refractivity contribution in [2.24, 2.45) is 0 Å². The predicted octanol–water partition coefficient (Wildman–Crippen LogP) is 2.17. The first-order chi connectivity index (χ1) is 12.7. The zero-order valence-corrected chi connectivity index (χ0v) is 15.9. The molecule has 2 N–H and O–H groups in total. The second-order valence-corrected chi connectivity index (χ2v) is 7.35. The van der Waals surface area contributed by atoms with Crippen molar-refractivity contribution in [3.05, 3.63) is 29.8 Å². The number of carbonyl (C=O) groups is 3. The van der Waals surface area contributed by atoms with Crippen LogP contribution in [0.4, 0.5) is 4.79 Å². The fraction of sp³-hybridized carbons (Fsp3) is 0.526. The highest BCUT2D eigenvalue weighted by Gasteiger charge is 2.26. The summed E-state index contributed by atoms with van der Waals surface area (Å²) < 4.78 is 10.7. The summed E-state index contributed by atoms with van der Waals surface area (Å²) in [5, 5.41) is 11.6. The topological polar surface area (TPSA) is 105 Å². The maximum Gasteiger partial charge on any atom is 0.408 e. The lowest BCUT2D eigenvalue weighted by atomic mass is 10.1. The maximum absolute atomic E-state index is 12.5. The van der Waals surface area contributed by atoms with E-state index in [-0.39, 0.29) is 18.7 Å². The highest BCUT2D eigenvalue weighted by atomic mass is 16.6. The molecular formula is C19H26N2O6. The van der Waals surface area contributed by atoms with Crippen LogP contribution >= 0.6 is 0 Å². The Morgan fingerprint density at radius 3 is 2.67 bits per heavy atom. The van der Waals surface area contributed by atoms with Crippen LogP contribution in [0, 0.1) is 0 Å². The van der Waals surface area contributed by atoms with Gasteiger partial charge in [0, 0.05) is 18.5 Å². The Hall–Kier alpha value is -2.77. The number of amides is 2. The molecule has 0 aliphatic carbocycles. The third kappa shape index (κ3) is 6.47. The average Bonchev–Trinajstić information content (AvgIpc) is 2.78. The van der Waals surface area contributed by atoms with Crippen molar-refractivity contribution in [2.45, 2.75) is 51.8 Å². The van der Waals surface area contributed by atoms with E-state index in [2.05, 4.69) is 5.32 Å². The Bertz CT molecular complexity index is 698. The molecule has 148 valence electrons. The molecule has 2 amide bonds. The standard InChI is InChI=1S/C19H26N2O6/c1-19(2,3)27-18(25)20-14(17(23)24)8-9-16(22)21-10-11-26-15-7-5-4-6-13(15)12-21/h4-7,14H,8-12H2,1-3H3,(H,20,25)(H,23,24)/t14-/m0/s1. The van der Waals surface area contributed by atoms with Gasteiger partial charge in [0.2, 0.25) is 5.91 Å². The van der Waals surface area contributed by atoms with Crippen molar-refractivity contribution in [1.82, 2.24) is 10.2 Å². The molecule has 2 rings (SSSR count). The van der Waals surface area contributed by atoms with Crippen molar-refractivity contribution in [3.63, 3.8) is 0 Å². The largest absolute Gasteiger partial charge is 0.491 e. The molecule has 0 spiro atoms. The van der Waals surface area contributed by atoms with Crippen LogP contribution in [0.5, 0.6) is 5.75 Å². The summed E-state index contributed by atoms with van der Waals surface area (Å²) in [6.07, 6.45) is -0.846. The van der Waals surface area contributed by atoms with Gasteiger partial charge >= 0.3 is 12.1 Å². The molecular weight excluding hydrogens is 352 g/mol. The number of ether oxygens (including phenoxy) is 2. The van der Waals surface area contributed by atoms with Crippen LogP contribution in [0.15, 0.2) is 24.3 Å². The quantitative estimate of drug-likeness (QED) is 0.813. The monoisotopic (exact) mass is 378 g/mol. The molecule has 0 bridgehead atoms. The molecule has 0 unspecified atom stereocenters. The lowest BCUT2D eigenvalue weighted by molar-refractivity contribution is -0.140. The van der Waals surface area contributed by atoms with E-state index in [1.54, 1.807) is 25.7 Å². The average molecular weight is 378 g/mol. The molecule has 1 atom stereocenters. The van der Waals surface area contributed by atoms with Crippen LogP contribution in [0.3, 0.4) is 0 Å². The van der Waals surface area contributed by atoms with E-state index in [1.807, 2.05) is 24.3 Å². The number of carboxylic acid groups (broad SMARTS) is 1. The Labute approximate surface area is 158 Å². The number of nitrogens with zero attached hydrogens (tertiary/aromatic N) is 1. The number of fused-ring (bicyclic) bond motifs is 1. The molecule has 0 saturated carbocycles. The van der Waals surface area contributed by atoms with E-state index in [4.69, 9.17) is 9.47 Å². The van der Waals surface area contributed by atoms with Crippen molar-refractivity contribution >= 4 is 18.0 Å². The molecule has 1 heterocycles. The number of hydrogen-bond acceptors (Lipinski definition) is 5. The molecule has 8 heteroatoms. The van der Waals surface area contributed by atoms with Crippen LogP contribution in [-0.2, 0) is 20.9 Å². The molecule has 1 aromatic rings. The van der Waals surface area contributed by atoms with E-state index in [0.717, 1.165) is 11.3 Å². The predicted molar refractivity (Wildman–Crippen MR) is 97.4 cm³/mol. The molecule has 27 heavy (non-hydrogen) atoms. The zero-order valence-electron chi connectivity index (χ0n) is 15.9. The van der Waals surface area contributed by atoms with Gasteiger partial charge in [-0.3, -0.25) is 4.79 Å². The van der Waals surface area contributed by atoms with Crippen LogP contribution in [0.1, 0.15) is 39.2 Å². The number of nitrogens with one attached hydrogen (secondary N) is 1. The lowest BCUT2D eigenvalue weighted by Crippen LogP contribution is -2.44. The van der Waals surface area contributed by atoms with Gasteiger partial charge in [-0.2, -0.15) is 0 Å². The Balaban J connectivity index is 1.92. The van der Waals surface area contributed by atoms with Crippen molar-refractivity contribution in [1.29, 1.82) is 0 Å². The fourth-order valence-electron chi connectivity index (χ4n) is 2.67. The Morgan fingerprint density at radius 1 is 1.30 bits per heavy atom. The van der Waals surface area contributed by atoms with Gasteiger partial charge in [-0.25, -0.2) is 9.59 Å². The highest BCUT2D eigenvalue weighted by Crippen LogP contribution is 2.23. The molecule has 1 aromatic carbocycles. The van der Waals surface area contributed by atoms with E-state index in [0.29, 0.717) is 19.7 Å². The molecule has 0 aromatic heterocycles. The highest BCUT2D eigenvalue weighted by molar-refractivity contribution is 5.82. The lowest BCUT2D eigenvalue weighted by Gasteiger charge is -2.23. The van der Waals surface area contributed by atoms with Gasteiger partial charge < -0.3 is 24.8 Å². The maximum atomic E-state index is 12.5. The van der Waals surface area contributed by atoms with Gasteiger partial charge in [-0.05, 0) is 33.3 Å². The van der Waals surface area contributed by atoms with E-state index < -0.39 is 23.7 Å². The number of hydrogen-bond donors (Lipinski definition) is 2. The van der Waals surface area contributed by atoms with Crippen LogP contribution in [0.25, 0.3) is 0 Å². The second-order valence-electron chi connectivity index (χ2n) is 7.35. The fourth-order valence-corrected chi connectivity index (χ4v) is 2.67. The summed E-state index contributed by atoms with van der Waals surface area (Å²) in [5.41, 5.74) is 0.174. The first-order valence-corrected chi connectivity index (χ1v) is 8.86. The van der Waals surface area contributed by atoms with Crippen LogP contribution in [0.2, 0.25) is 0 Å². The number of carbonyl (C=O) groups excluding carboxylic acids is 2. The number of rotatable bonds is 5. The minimum atomic E-state index is -1.21. The van der Waals surface area contributed by atoms with Gasteiger partial charge in [0.15, 0.2) is 0 Å². The minimum Gasteiger partial charge on any atom is -0.491 e. The van der Waals surface area contributed by atoms with Crippen molar-refractivity contribution in [3.8, 4) is 5.75 Å². The third-order valence-corrected chi connectivity index (χ3v) is 3.94. The Kier molecular flexibility index (Phi) is 6.65. The molecule has 1 aliphatic rings. The number of para-hydroxylation sites is 1. The van der Waals surface area contributed by atoms with Gasteiger partial charge in [0.25, 0.3) is 0 Å². The minimum absolute atomic E-state index is 0.00503. The summed E-state index contributed by atoms with van der Waals surface area (Å²) >= 11 is 0. The summed E-state index contributed by atoms with van der Waals surface area (Å²) in [6, 6.07) is 6.30. The van der Waals surface area contributed by atoms with Crippen molar-refractivity contribution in [2.75, 3.05) is 13.2 Å². The first-order valence-electron chi connectivity index (χ1n) is 8.86. The molecule has 0 saturated heterocycles. The molecule has 0 radical (unpaired) electrons. The van der Waals surface area contributed by atoms with Gasteiger partial charge in [0.05, 0.1) is 6.54 Å². The zero-order chi connectivity index (χ0) is 20.0. The van der Waals surface area contributed by atoms with Gasteiger partial charge in [-0.1, -0.05) is 18.2 Å². The number of aliphatic carboxylic acids is 1. The van der Waals surface area contributed by atoms with E-state index >= 15 is 0 Å². The normalized spacial score (nSPS) is 15.0. The first kappa shape index (κ1) is 20.5. The van der Waals surface area contributed by atoms with Crippen LogP contribution < -0.4 is 10.1 Å². The Morgan fingerprint density at radius 2 is 2.00 bits per heavy atom. The number of alkyl carbamates (subject to hydrolysis) is 1. The number of carboxylic acids is 1. The molecule has 8 nitrogen and oxygen atoms in total. The summed E-state index contributed by atoms with van der Waals surface area (Å²) in [5.74, 6) is -0.645. The summed E-state index contributed by atoms with van der Waals surface area (Å²) in [6.45, 7) is 6.26. The SMILES string of the molecule is CC(C)(C)OC(=O)N[C@@H](CCC(=O)N1CCOc2ccccc2C1)C(=O)O. The van der Waals surface area contributed by atoms with Gasteiger partial charge in [0.1, 0.15) is 24.0 Å². The number of benzene rings is 1. The third-order valence-electron chi connectivity index (χ3n) is 3.94. The second kappa shape index (κ2) is 8.75. The van der Waals surface area contributed by atoms with E-state index in [1.165, 1.54) is 0 Å². The summed E-state index contributed by atoms with van der Waals surface area (Å²) in [4.78, 5) is 37.4. The van der Waals surface area contributed by atoms with Crippen molar-refractivity contribution < 1.29 is 29.0 Å². The van der Waals surface area contributed by atoms with E-state index in [9.17, 15) is 19.5 Å². The molecule has 1 aliphatic heterocycles.